The Balaban J connectivity index is 2.50. The number of aliphatic hydroxyl groups is 1. The maximum atomic E-state index is 10.8. The average Bonchev–Trinajstić information content (AvgIpc) is 2.26. The molecule has 1 aromatic carbocycles. The summed E-state index contributed by atoms with van der Waals surface area (Å²) in [5.74, 6) is 0.486. The number of amides is 1. The van der Waals surface area contributed by atoms with Crippen molar-refractivity contribution in [1.29, 1.82) is 0 Å². The second-order valence-corrected chi connectivity index (χ2v) is 4.08. The topological polar surface area (TPSA) is 58.6 Å². The van der Waals surface area contributed by atoms with Gasteiger partial charge < -0.3 is 15.2 Å². The third-order valence-corrected chi connectivity index (χ3v) is 2.42. The second kappa shape index (κ2) is 6.25. The van der Waals surface area contributed by atoms with Crippen molar-refractivity contribution in [3.8, 4) is 5.75 Å². The highest BCUT2D eigenvalue weighted by molar-refractivity contribution is 5.76. The number of carbonyl (C=O) groups excluding carboxylic acids is 1. The van der Waals surface area contributed by atoms with Crippen molar-refractivity contribution in [3.05, 3.63) is 28.8 Å². The Bertz CT molecular complexity index is 379. The molecule has 1 amide bonds. The van der Waals surface area contributed by atoms with Gasteiger partial charge in [0.25, 0.3) is 0 Å². The van der Waals surface area contributed by atoms with Gasteiger partial charge in [-0.25, -0.2) is 0 Å². The fourth-order valence-corrected chi connectivity index (χ4v) is 1.79. The zero-order valence-electron chi connectivity index (χ0n) is 10.5. The second-order valence-electron chi connectivity index (χ2n) is 4.08. The number of aliphatic hydroxyl groups excluding tert-OH is 1. The molecule has 0 aliphatic rings. The van der Waals surface area contributed by atoms with E-state index in [1.54, 1.807) is 0 Å². The number of benzene rings is 1. The first-order valence-corrected chi connectivity index (χ1v) is 5.62. The predicted octanol–water partition coefficient (Wildman–Crippen LogP) is 1.10. The molecule has 17 heavy (non-hydrogen) atoms. The molecule has 0 aliphatic heterocycles. The van der Waals surface area contributed by atoms with Crippen LogP contribution in [0.1, 0.15) is 16.7 Å². The lowest BCUT2D eigenvalue weighted by Gasteiger charge is -2.13. The van der Waals surface area contributed by atoms with Gasteiger partial charge in [0.05, 0.1) is 6.54 Å². The van der Waals surface area contributed by atoms with Crippen LogP contribution >= 0.6 is 0 Å². The first kappa shape index (κ1) is 13.5. The van der Waals surface area contributed by atoms with Gasteiger partial charge in [0.2, 0.25) is 5.91 Å². The van der Waals surface area contributed by atoms with Gasteiger partial charge in [0.15, 0.2) is 0 Å². The van der Waals surface area contributed by atoms with Crippen LogP contribution in [0.25, 0.3) is 0 Å². The maximum Gasteiger partial charge on any atom is 0.245 e. The molecule has 0 fully saturated rings. The SMILES string of the molecule is Cc1cc(C)c(OCCNC(=O)CO)c(C)c1. The molecule has 94 valence electrons. The lowest BCUT2D eigenvalue weighted by atomic mass is 10.1. The van der Waals surface area contributed by atoms with Crippen molar-refractivity contribution in [2.75, 3.05) is 19.8 Å². The number of ether oxygens (including phenoxy) is 1. The van der Waals surface area contributed by atoms with Crippen LogP contribution in [0.5, 0.6) is 5.75 Å². The van der Waals surface area contributed by atoms with Gasteiger partial charge >= 0.3 is 0 Å². The van der Waals surface area contributed by atoms with Crippen LogP contribution < -0.4 is 10.1 Å². The van der Waals surface area contributed by atoms with Crippen molar-refractivity contribution in [2.45, 2.75) is 20.8 Å². The van der Waals surface area contributed by atoms with Crippen LogP contribution in [-0.4, -0.2) is 30.8 Å². The van der Waals surface area contributed by atoms with E-state index in [1.807, 2.05) is 20.8 Å². The van der Waals surface area contributed by atoms with E-state index in [2.05, 4.69) is 17.4 Å². The predicted molar refractivity (Wildman–Crippen MR) is 66.2 cm³/mol. The summed E-state index contributed by atoms with van der Waals surface area (Å²) in [6.45, 7) is 6.36. The monoisotopic (exact) mass is 237 g/mol. The molecule has 0 heterocycles. The first-order valence-electron chi connectivity index (χ1n) is 5.62. The van der Waals surface area contributed by atoms with Crippen LogP contribution in [0.4, 0.5) is 0 Å². The molecule has 0 spiro atoms. The van der Waals surface area contributed by atoms with Gasteiger partial charge in [-0.3, -0.25) is 4.79 Å². The Labute approximate surface area is 102 Å². The summed E-state index contributed by atoms with van der Waals surface area (Å²) in [7, 11) is 0. The number of nitrogens with one attached hydrogen (secondary N) is 1. The molecule has 0 unspecified atom stereocenters. The quantitative estimate of drug-likeness (QED) is 0.754. The first-order chi connectivity index (χ1) is 8.04. The summed E-state index contributed by atoms with van der Waals surface area (Å²) in [6.07, 6.45) is 0. The molecule has 0 aliphatic carbocycles. The fraction of sp³-hybridized carbons (Fsp3) is 0.462. The molecule has 2 N–H and O–H groups in total. The van der Waals surface area contributed by atoms with Gasteiger partial charge in [-0.1, -0.05) is 17.7 Å². The van der Waals surface area contributed by atoms with Gasteiger partial charge in [-0.2, -0.15) is 0 Å². The summed E-state index contributed by atoms with van der Waals surface area (Å²) in [5, 5.41) is 11.1. The Morgan fingerprint density at radius 1 is 1.29 bits per heavy atom. The fourth-order valence-electron chi connectivity index (χ4n) is 1.79. The zero-order chi connectivity index (χ0) is 12.8. The Kier molecular flexibility index (Phi) is 4.97. The van der Waals surface area contributed by atoms with Crippen LogP contribution in [0.3, 0.4) is 0 Å². The van der Waals surface area contributed by atoms with E-state index < -0.39 is 6.61 Å². The Morgan fingerprint density at radius 2 is 1.88 bits per heavy atom. The third kappa shape index (κ3) is 4.07. The highest BCUT2D eigenvalue weighted by atomic mass is 16.5. The normalized spacial score (nSPS) is 10.1. The number of carbonyl (C=O) groups is 1. The molecule has 0 saturated heterocycles. The summed E-state index contributed by atoms with van der Waals surface area (Å²) in [5.41, 5.74) is 3.40. The van der Waals surface area contributed by atoms with E-state index in [1.165, 1.54) is 5.56 Å². The molecule has 4 heteroatoms. The van der Waals surface area contributed by atoms with Crippen molar-refractivity contribution in [2.24, 2.45) is 0 Å². The van der Waals surface area contributed by atoms with Gasteiger partial charge in [0.1, 0.15) is 19.0 Å². The molecule has 0 atom stereocenters. The van der Waals surface area contributed by atoms with Crippen LogP contribution in [0.2, 0.25) is 0 Å². The number of hydrogen-bond donors (Lipinski definition) is 2. The number of rotatable bonds is 5. The summed E-state index contributed by atoms with van der Waals surface area (Å²) < 4.78 is 5.62. The minimum Gasteiger partial charge on any atom is -0.491 e. The summed E-state index contributed by atoms with van der Waals surface area (Å²) in [6, 6.07) is 4.13. The third-order valence-electron chi connectivity index (χ3n) is 2.42. The van der Waals surface area contributed by atoms with Crippen molar-refractivity contribution in [3.63, 3.8) is 0 Å². The smallest absolute Gasteiger partial charge is 0.245 e. The Hall–Kier alpha value is -1.55. The standard InChI is InChI=1S/C13H19NO3/c1-9-6-10(2)13(11(3)7-9)17-5-4-14-12(16)8-15/h6-7,15H,4-5,8H2,1-3H3,(H,14,16). The lowest BCUT2D eigenvalue weighted by molar-refractivity contribution is -0.123. The molecular weight excluding hydrogens is 218 g/mol. The van der Waals surface area contributed by atoms with Gasteiger partial charge in [0, 0.05) is 0 Å². The van der Waals surface area contributed by atoms with E-state index in [9.17, 15) is 4.79 Å². The van der Waals surface area contributed by atoms with E-state index in [-0.39, 0.29) is 5.91 Å². The largest absolute Gasteiger partial charge is 0.491 e. The van der Waals surface area contributed by atoms with Gasteiger partial charge in [-0.15, -0.1) is 0 Å². The number of hydrogen-bond acceptors (Lipinski definition) is 3. The van der Waals surface area contributed by atoms with Crippen LogP contribution in [-0.2, 0) is 4.79 Å². The molecular formula is C13H19NO3. The molecule has 0 saturated carbocycles. The van der Waals surface area contributed by atoms with Crippen LogP contribution in [0, 0.1) is 20.8 Å². The van der Waals surface area contributed by atoms with Gasteiger partial charge in [-0.05, 0) is 31.9 Å². The number of aryl methyl sites for hydroxylation is 3. The highest BCUT2D eigenvalue weighted by Gasteiger charge is 2.05. The van der Waals surface area contributed by atoms with E-state index in [0.29, 0.717) is 13.2 Å². The van der Waals surface area contributed by atoms with E-state index in [0.717, 1.165) is 16.9 Å². The minimum atomic E-state index is -0.484. The lowest BCUT2D eigenvalue weighted by Crippen LogP contribution is -2.30. The molecule has 4 nitrogen and oxygen atoms in total. The van der Waals surface area contributed by atoms with Crippen molar-refractivity contribution < 1.29 is 14.6 Å². The molecule has 1 aromatic rings. The van der Waals surface area contributed by atoms with E-state index in [4.69, 9.17) is 9.84 Å². The minimum absolute atomic E-state index is 0.383. The Morgan fingerprint density at radius 3 is 2.41 bits per heavy atom. The average molecular weight is 237 g/mol. The zero-order valence-corrected chi connectivity index (χ0v) is 10.5. The van der Waals surface area contributed by atoms with Crippen molar-refractivity contribution >= 4 is 5.91 Å². The summed E-state index contributed by atoms with van der Waals surface area (Å²) in [4.78, 5) is 10.8. The maximum absolute atomic E-state index is 10.8. The van der Waals surface area contributed by atoms with Crippen LogP contribution in [0.15, 0.2) is 12.1 Å². The van der Waals surface area contributed by atoms with E-state index >= 15 is 0 Å². The molecule has 0 bridgehead atoms. The highest BCUT2D eigenvalue weighted by Crippen LogP contribution is 2.24. The summed E-state index contributed by atoms with van der Waals surface area (Å²) >= 11 is 0. The molecule has 0 aromatic heterocycles. The molecule has 0 radical (unpaired) electrons. The van der Waals surface area contributed by atoms with Crippen molar-refractivity contribution in [1.82, 2.24) is 5.32 Å². The molecule has 1 rings (SSSR count).